The van der Waals surface area contributed by atoms with Gasteiger partial charge < -0.3 is 18.6 Å². The van der Waals surface area contributed by atoms with E-state index in [4.69, 9.17) is 0 Å². The molecule has 13 aromatic rings. The van der Waals surface area contributed by atoms with E-state index >= 15 is 0 Å². The number of anilines is 6. The second kappa shape index (κ2) is 12.3. The molecule has 0 N–H and O–H groups in total. The van der Waals surface area contributed by atoms with E-state index in [0.717, 1.165) is 22.7 Å². The van der Waals surface area contributed by atoms with Gasteiger partial charge in [-0.2, -0.15) is 0 Å². The third-order valence-corrected chi connectivity index (χ3v) is 12.8. The van der Waals surface area contributed by atoms with E-state index in [1.54, 1.807) is 0 Å². The molecule has 0 aliphatic carbocycles. The van der Waals surface area contributed by atoms with Crippen LogP contribution in [0.1, 0.15) is 11.1 Å². The monoisotopic (exact) mass is 766 g/mol. The highest BCUT2D eigenvalue weighted by molar-refractivity contribution is 6.32. The van der Waals surface area contributed by atoms with Crippen molar-refractivity contribution >= 4 is 110 Å². The summed E-state index contributed by atoms with van der Waals surface area (Å²) in [7, 11) is 0. The minimum Gasteiger partial charge on any atom is -0.310 e. The minimum absolute atomic E-state index is 1.13. The summed E-state index contributed by atoms with van der Waals surface area (Å²) in [4.78, 5) is 4.84. The molecular weight excluding hydrogens is 729 g/mol. The maximum Gasteiger partial charge on any atom is 0.0641 e. The molecule has 9 aromatic carbocycles. The number of aryl methyl sites for hydroxylation is 2. The zero-order chi connectivity index (χ0) is 39.6. The molecule has 13 rings (SSSR count). The SMILES string of the molecule is Cc1ccc2c(c1)c1c(N(c3ccccc3)c3ccccc3)ccc3c4cc5c(cc4n2c31)c1ccc(N(c2ccccc2)c2ccccc2)c2c3cc(C)ccc3n5c12. The Kier molecular flexibility index (Phi) is 6.83. The predicted molar refractivity (Wildman–Crippen MR) is 255 cm³/mol. The first-order chi connectivity index (χ1) is 29.6. The molecule has 0 fully saturated rings. The van der Waals surface area contributed by atoms with Crippen LogP contribution in [0.2, 0.25) is 0 Å². The minimum atomic E-state index is 1.13. The van der Waals surface area contributed by atoms with Crippen LogP contribution in [0.3, 0.4) is 0 Å². The number of para-hydroxylation sites is 4. The molecule has 4 aromatic heterocycles. The average Bonchev–Trinajstić information content (AvgIpc) is 4.01. The molecule has 0 saturated carbocycles. The molecule has 0 aliphatic heterocycles. The third kappa shape index (κ3) is 4.50. The molecule has 4 heteroatoms. The van der Waals surface area contributed by atoms with Crippen LogP contribution in [0.25, 0.3) is 76.2 Å². The summed E-state index contributed by atoms with van der Waals surface area (Å²) in [6.07, 6.45) is 0. The van der Waals surface area contributed by atoms with Crippen molar-refractivity contribution in [2.75, 3.05) is 9.80 Å². The van der Waals surface area contributed by atoms with Gasteiger partial charge in [-0.1, -0.05) is 108 Å². The van der Waals surface area contributed by atoms with Crippen molar-refractivity contribution in [3.63, 3.8) is 0 Å². The fraction of sp³-hybridized carbons (Fsp3) is 0.0357. The van der Waals surface area contributed by atoms with Crippen molar-refractivity contribution in [2.45, 2.75) is 13.8 Å². The summed E-state index contributed by atoms with van der Waals surface area (Å²) in [5.41, 5.74) is 16.8. The van der Waals surface area contributed by atoms with Crippen molar-refractivity contribution in [1.82, 2.24) is 8.80 Å². The fourth-order valence-corrected chi connectivity index (χ4v) is 10.3. The summed E-state index contributed by atoms with van der Waals surface area (Å²) in [6.45, 7) is 4.41. The normalized spacial score (nSPS) is 12.2. The van der Waals surface area contributed by atoms with Gasteiger partial charge in [0.15, 0.2) is 0 Å². The van der Waals surface area contributed by atoms with Crippen LogP contribution in [0, 0.1) is 13.8 Å². The topological polar surface area (TPSA) is 15.3 Å². The van der Waals surface area contributed by atoms with E-state index in [2.05, 4.69) is 227 Å². The van der Waals surface area contributed by atoms with Crippen molar-refractivity contribution < 1.29 is 0 Å². The van der Waals surface area contributed by atoms with Gasteiger partial charge in [-0.05, 0) is 111 Å². The average molecular weight is 767 g/mol. The lowest BCUT2D eigenvalue weighted by Crippen LogP contribution is -2.10. The number of aromatic nitrogens is 2. The van der Waals surface area contributed by atoms with Crippen LogP contribution in [-0.4, -0.2) is 8.80 Å². The molecule has 0 unspecified atom stereocenters. The molecular formula is C56H38N4. The highest BCUT2D eigenvalue weighted by Gasteiger charge is 2.28. The van der Waals surface area contributed by atoms with E-state index in [0.29, 0.717) is 0 Å². The van der Waals surface area contributed by atoms with Crippen LogP contribution < -0.4 is 9.80 Å². The van der Waals surface area contributed by atoms with Gasteiger partial charge in [0.2, 0.25) is 0 Å². The van der Waals surface area contributed by atoms with Crippen LogP contribution >= 0.6 is 0 Å². The van der Waals surface area contributed by atoms with Gasteiger partial charge in [0, 0.05) is 65.8 Å². The molecule has 282 valence electrons. The first kappa shape index (κ1) is 33.2. The second-order valence-electron chi connectivity index (χ2n) is 16.3. The predicted octanol–water partition coefficient (Wildman–Crippen LogP) is 15.5. The van der Waals surface area contributed by atoms with Gasteiger partial charge in [0.25, 0.3) is 0 Å². The Morgan fingerprint density at radius 3 is 1.00 bits per heavy atom. The Labute approximate surface area is 346 Å². The number of benzene rings is 9. The molecule has 60 heavy (non-hydrogen) atoms. The van der Waals surface area contributed by atoms with E-state index in [1.807, 2.05) is 0 Å². The first-order valence-electron chi connectivity index (χ1n) is 20.8. The Bertz CT molecular complexity index is 3440. The zero-order valence-corrected chi connectivity index (χ0v) is 33.3. The van der Waals surface area contributed by atoms with Crippen LogP contribution in [-0.2, 0) is 0 Å². The van der Waals surface area contributed by atoms with Crippen molar-refractivity contribution in [2.24, 2.45) is 0 Å². The zero-order valence-electron chi connectivity index (χ0n) is 33.3. The van der Waals surface area contributed by atoms with Gasteiger partial charge in [-0.3, -0.25) is 0 Å². The van der Waals surface area contributed by atoms with E-state index in [9.17, 15) is 0 Å². The van der Waals surface area contributed by atoms with Crippen LogP contribution in [0.5, 0.6) is 0 Å². The highest BCUT2D eigenvalue weighted by atomic mass is 15.2. The molecule has 4 heterocycles. The number of hydrogen-bond donors (Lipinski definition) is 0. The van der Waals surface area contributed by atoms with Crippen molar-refractivity contribution in [1.29, 1.82) is 0 Å². The smallest absolute Gasteiger partial charge is 0.0641 e. The lowest BCUT2D eigenvalue weighted by molar-refractivity contribution is 1.30. The third-order valence-electron chi connectivity index (χ3n) is 12.8. The van der Waals surface area contributed by atoms with Gasteiger partial charge in [0.1, 0.15) is 0 Å². The summed E-state index contributed by atoms with van der Waals surface area (Å²) >= 11 is 0. The number of fused-ring (bicyclic) bond motifs is 12. The Hall–Kier alpha value is -7.82. The lowest BCUT2D eigenvalue weighted by atomic mass is 10.0. The Balaban J connectivity index is 1.15. The number of hydrogen-bond acceptors (Lipinski definition) is 2. The maximum absolute atomic E-state index is 2.54. The van der Waals surface area contributed by atoms with Crippen molar-refractivity contribution in [3.8, 4) is 0 Å². The molecule has 0 aliphatic rings. The molecule has 4 nitrogen and oxygen atoms in total. The second-order valence-corrected chi connectivity index (χ2v) is 16.3. The van der Waals surface area contributed by atoms with Crippen molar-refractivity contribution in [3.05, 3.63) is 205 Å². The van der Waals surface area contributed by atoms with Gasteiger partial charge >= 0.3 is 0 Å². The van der Waals surface area contributed by atoms with Crippen LogP contribution in [0.15, 0.2) is 194 Å². The molecule has 0 bridgehead atoms. The van der Waals surface area contributed by atoms with Gasteiger partial charge in [-0.25, -0.2) is 0 Å². The van der Waals surface area contributed by atoms with E-state index in [-0.39, 0.29) is 0 Å². The largest absolute Gasteiger partial charge is 0.310 e. The molecule has 0 spiro atoms. The molecule has 0 amide bonds. The Morgan fingerprint density at radius 1 is 0.300 bits per heavy atom. The quantitative estimate of drug-likeness (QED) is 0.167. The summed E-state index contributed by atoms with van der Waals surface area (Å²) in [6, 6.07) is 71.4. The van der Waals surface area contributed by atoms with Gasteiger partial charge in [-0.15, -0.1) is 0 Å². The summed E-state index contributed by atoms with van der Waals surface area (Å²) in [5.74, 6) is 0. The van der Waals surface area contributed by atoms with E-state index in [1.165, 1.54) is 98.7 Å². The summed E-state index contributed by atoms with van der Waals surface area (Å²) in [5, 5.41) is 10.1. The molecule has 0 saturated heterocycles. The van der Waals surface area contributed by atoms with E-state index < -0.39 is 0 Å². The molecule has 0 atom stereocenters. The highest BCUT2D eigenvalue weighted by Crippen LogP contribution is 2.51. The standard InChI is InChI=1S/C56H38N4/c1-35-23-27-47-45(31-35)53-49(57(37-15-7-3-8-16-37)38-17-9-4-10-18-38)29-25-41-43-34-52-44(33-51(43)59(47)55(41)53)42-26-30-50(54-46-32-36(2)24-28-48(46)60(52)56(42)54)58(39-19-11-5-12-20-39)40-21-13-6-14-22-40/h3-34H,1-2H3. The fourth-order valence-electron chi connectivity index (χ4n) is 10.3. The summed E-state index contributed by atoms with van der Waals surface area (Å²) < 4.78 is 5.08. The lowest BCUT2D eigenvalue weighted by Gasteiger charge is -2.26. The maximum atomic E-state index is 2.54. The first-order valence-corrected chi connectivity index (χ1v) is 20.8. The number of rotatable bonds is 6. The van der Waals surface area contributed by atoms with Gasteiger partial charge in [0.05, 0.1) is 44.5 Å². The van der Waals surface area contributed by atoms with Crippen LogP contribution in [0.4, 0.5) is 34.1 Å². The number of nitrogens with zero attached hydrogens (tertiary/aromatic N) is 4. The molecule has 0 radical (unpaired) electrons. The Morgan fingerprint density at radius 2 is 0.650 bits per heavy atom.